The van der Waals surface area contributed by atoms with Gasteiger partial charge in [0, 0.05) is 17.1 Å². The van der Waals surface area contributed by atoms with E-state index in [0.29, 0.717) is 16.8 Å². The lowest BCUT2D eigenvalue weighted by Crippen LogP contribution is -2.12. The second-order valence-electron chi connectivity index (χ2n) is 4.52. The van der Waals surface area contributed by atoms with Gasteiger partial charge in [0.1, 0.15) is 0 Å². The van der Waals surface area contributed by atoms with E-state index in [2.05, 4.69) is 10.3 Å². The quantitative estimate of drug-likeness (QED) is 0.778. The lowest BCUT2D eigenvalue weighted by molar-refractivity contribution is 0.102. The molecule has 1 amide bonds. The van der Waals surface area contributed by atoms with Crippen LogP contribution in [0.2, 0.25) is 0 Å². The standard InChI is InChI=1S/C17H11N3O/c18-11-12-4-1-5-13(10-12)17(21)20-16-8-2-7-15-14(16)6-3-9-19-15/h1-10H,(H,20,21). The number of fused-ring (bicyclic) bond motifs is 1. The number of anilines is 1. The summed E-state index contributed by atoms with van der Waals surface area (Å²) in [6, 6.07) is 17.9. The summed E-state index contributed by atoms with van der Waals surface area (Å²) in [6.07, 6.45) is 1.71. The average Bonchev–Trinajstić information content (AvgIpc) is 2.55. The number of carbonyl (C=O) groups is 1. The van der Waals surface area contributed by atoms with E-state index >= 15 is 0 Å². The number of nitriles is 1. The zero-order valence-corrected chi connectivity index (χ0v) is 11.1. The average molecular weight is 273 g/mol. The van der Waals surface area contributed by atoms with Crippen LogP contribution in [0, 0.1) is 11.3 Å². The Bertz CT molecular complexity index is 860. The number of carbonyl (C=O) groups excluding carboxylic acids is 1. The molecule has 3 rings (SSSR count). The van der Waals surface area contributed by atoms with E-state index in [-0.39, 0.29) is 5.91 Å². The van der Waals surface area contributed by atoms with Crippen LogP contribution in [-0.2, 0) is 0 Å². The second kappa shape index (κ2) is 5.43. The first kappa shape index (κ1) is 12.8. The molecule has 0 atom stereocenters. The maximum absolute atomic E-state index is 12.3. The maximum Gasteiger partial charge on any atom is 0.255 e. The highest BCUT2D eigenvalue weighted by Gasteiger charge is 2.09. The highest BCUT2D eigenvalue weighted by molar-refractivity contribution is 6.08. The van der Waals surface area contributed by atoms with Crippen molar-refractivity contribution >= 4 is 22.5 Å². The van der Waals surface area contributed by atoms with Crippen molar-refractivity contribution in [3.63, 3.8) is 0 Å². The van der Waals surface area contributed by atoms with E-state index in [0.717, 1.165) is 10.9 Å². The molecular formula is C17H11N3O. The number of aromatic nitrogens is 1. The van der Waals surface area contributed by atoms with Crippen molar-refractivity contribution in [1.29, 1.82) is 5.26 Å². The van der Waals surface area contributed by atoms with E-state index in [4.69, 9.17) is 5.26 Å². The molecule has 4 nitrogen and oxygen atoms in total. The summed E-state index contributed by atoms with van der Waals surface area (Å²) in [6.45, 7) is 0. The monoisotopic (exact) mass is 273 g/mol. The first-order valence-electron chi connectivity index (χ1n) is 6.43. The normalized spacial score (nSPS) is 10.0. The number of amides is 1. The number of hydrogen-bond donors (Lipinski definition) is 1. The summed E-state index contributed by atoms with van der Waals surface area (Å²) in [5.41, 5.74) is 2.44. The summed E-state index contributed by atoms with van der Waals surface area (Å²) >= 11 is 0. The molecule has 0 saturated heterocycles. The van der Waals surface area contributed by atoms with E-state index in [9.17, 15) is 4.79 Å². The van der Waals surface area contributed by atoms with Crippen molar-refractivity contribution in [3.8, 4) is 6.07 Å². The fourth-order valence-corrected chi connectivity index (χ4v) is 2.14. The molecule has 2 aromatic carbocycles. The van der Waals surface area contributed by atoms with E-state index in [1.807, 2.05) is 36.4 Å². The predicted octanol–water partition coefficient (Wildman–Crippen LogP) is 3.36. The number of nitrogens with zero attached hydrogens (tertiary/aromatic N) is 2. The van der Waals surface area contributed by atoms with Crippen molar-refractivity contribution in [3.05, 3.63) is 71.9 Å². The highest BCUT2D eigenvalue weighted by atomic mass is 16.1. The topological polar surface area (TPSA) is 65.8 Å². The highest BCUT2D eigenvalue weighted by Crippen LogP contribution is 2.22. The Morgan fingerprint density at radius 2 is 1.95 bits per heavy atom. The molecule has 0 aliphatic rings. The molecule has 0 saturated carbocycles. The minimum Gasteiger partial charge on any atom is -0.321 e. The molecule has 0 spiro atoms. The lowest BCUT2D eigenvalue weighted by atomic mass is 10.1. The van der Waals surface area contributed by atoms with Gasteiger partial charge in [-0.15, -0.1) is 0 Å². The molecule has 1 N–H and O–H groups in total. The number of rotatable bonds is 2. The zero-order valence-electron chi connectivity index (χ0n) is 11.1. The molecule has 1 aromatic heterocycles. The van der Waals surface area contributed by atoms with Gasteiger partial charge in [0.15, 0.2) is 0 Å². The van der Waals surface area contributed by atoms with Gasteiger partial charge in [0.25, 0.3) is 5.91 Å². The predicted molar refractivity (Wildman–Crippen MR) is 80.9 cm³/mol. The molecule has 0 bridgehead atoms. The summed E-state index contributed by atoms with van der Waals surface area (Å²) in [7, 11) is 0. The van der Waals surface area contributed by atoms with Crippen LogP contribution < -0.4 is 5.32 Å². The van der Waals surface area contributed by atoms with Gasteiger partial charge in [-0.1, -0.05) is 12.1 Å². The van der Waals surface area contributed by atoms with Crippen molar-refractivity contribution in [2.75, 3.05) is 5.32 Å². The third kappa shape index (κ3) is 2.58. The lowest BCUT2D eigenvalue weighted by Gasteiger charge is -2.08. The van der Waals surface area contributed by atoms with Gasteiger partial charge in [-0.05, 0) is 42.5 Å². The van der Waals surface area contributed by atoms with Crippen LogP contribution in [0.4, 0.5) is 5.69 Å². The Balaban J connectivity index is 1.95. The summed E-state index contributed by atoms with van der Waals surface area (Å²) < 4.78 is 0. The molecule has 4 heteroatoms. The van der Waals surface area contributed by atoms with Crippen LogP contribution in [0.25, 0.3) is 10.9 Å². The molecule has 3 aromatic rings. The van der Waals surface area contributed by atoms with Gasteiger partial charge in [0.2, 0.25) is 0 Å². The molecule has 0 fully saturated rings. The van der Waals surface area contributed by atoms with Gasteiger partial charge in [-0.2, -0.15) is 5.26 Å². The minimum absolute atomic E-state index is 0.247. The Hall–Kier alpha value is -3.19. The van der Waals surface area contributed by atoms with Gasteiger partial charge >= 0.3 is 0 Å². The van der Waals surface area contributed by atoms with Gasteiger partial charge in [0.05, 0.1) is 22.8 Å². The summed E-state index contributed by atoms with van der Waals surface area (Å²) in [5.74, 6) is -0.247. The van der Waals surface area contributed by atoms with Gasteiger partial charge in [-0.3, -0.25) is 9.78 Å². The Morgan fingerprint density at radius 3 is 2.81 bits per heavy atom. The minimum atomic E-state index is -0.247. The fraction of sp³-hybridized carbons (Fsp3) is 0. The van der Waals surface area contributed by atoms with Crippen LogP contribution in [0.15, 0.2) is 60.8 Å². The molecular weight excluding hydrogens is 262 g/mol. The summed E-state index contributed by atoms with van der Waals surface area (Å²) in [5, 5.41) is 12.6. The number of benzene rings is 2. The molecule has 100 valence electrons. The van der Waals surface area contributed by atoms with Gasteiger partial charge in [-0.25, -0.2) is 0 Å². The molecule has 0 radical (unpaired) electrons. The largest absolute Gasteiger partial charge is 0.321 e. The van der Waals surface area contributed by atoms with Crippen LogP contribution in [0.5, 0.6) is 0 Å². The summed E-state index contributed by atoms with van der Waals surface area (Å²) in [4.78, 5) is 16.5. The van der Waals surface area contributed by atoms with Gasteiger partial charge < -0.3 is 5.32 Å². The molecule has 0 aliphatic carbocycles. The number of hydrogen-bond acceptors (Lipinski definition) is 3. The Kier molecular flexibility index (Phi) is 3.32. The van der Waals surface area contributed by atoms with E-state index in [1.54, 1.807) is 30.5 Å². The third-order valence-electron chi connectivity index (χ3n) is 3.15. The van der Waals surface area contributed by atoms with E-state index in [1.165, 1.54) is 0 Å². The Labute approximate surface area is 121 Å². The third-order valence-corrected chi connectivity index (χ3v) is 3.15. The molecule has 1 heterocycles. The molecule has 21 heavy (non-hydrogen) atoms. The van der Waals surface area contributed by atoms with Crippen molar-refractivity contribution in [1.82, 2.24) is 4.98 Å². The van der Waals surface area contributed by atoms with Crippen LogP contribution in [-0.4, -0.2) is 10.9 Å². The van der Waals surface area contributed by atoms with Crippen LogP contribution in [0.1, 0.15) is 15.9 Å². The first-order valence-corrected chi connectivity index (χ1v) is 6.43. The number of nitrogens with one attached hydrogen (secondary N) is 1. The van der Waals surface area contributed by atoms with Crippen molar-refractivity contribution in [2.24, 2.45) is 0 Å². The first-order chi connectivity index (χ1) is 10.3. The maximum atomic E-state index is 12.3. The smallest absolute Gasteiger partial charge is 0.255 e. The van der Waals surface area contributed by atoms with E-state index < -0.39 is 0 Å². The zero-order chi connectivity index (χ0) is 14.7. The second-order valence-corrected chi connectivity index (χ2v) is 4.52. The fourth-order valence-electron chi connectivity index (χ4n) is 2.14. The number of pyridine rings is 1. The SMILES string of the molecule is N#Cc1cccc(C(=O)Nc2cccc3ncccc23)c1. The van der Waals surface area contributed by atoms with Crippen molar-refractivity contribution in [2.45, 2.75) is 0 Å². The molecule has 0 unspecified atom stereocenters. The van der Waals surface area contributed by atoms with Crippen LogP contribution >= 0.6 is 0 Å². The Morgan fingerprint density at radius 1 is 1.10 bits per heavy atom. The van der Waals surface area contributed by atoms with Crippen molar-refractivity contribution < 1.29 is 4.79 Å². The van der Waals surface area contributed by atoms with Crippen LogP contribution in [0.3, 0.4) is 0 Å². The molecule has 0 aliphatic heterocycles.